The van der Waals surface area contributed by atoms with Crippen LogP contribution in [0.25, 0.3) is 11.1 Å². The second-order valence-electron chi connectivity index (χ2n) is 16.3. The number of aryl methyl sites for hydroxylation is 1. The topological polar surface area (TPSA) is 145 Å². The molecule has 5 amide bonds. The van der Waals surface area contributed by atoms with Crippen molar-refractivity contribution in [2.45, 2.75) is 63.2 Å². The Hall–Kier alpha value is -6.14. The lowest BCUT2D eigenvalue weighted by Crippen LogP contribution is -2.54. The smallest absolute Gasteiger partial charge is 0.262 e. The molecule has 12 heteroatoms. The van der Waals surface area contributed by atoms with Crippen molar-refractivity contribution in [1.29, 1.82) is 0 Å². The average molecular weight is 763 g/mol. The first-order chi connectivity index (χ1) is 27.7. The lowest BCUT2D eigenvalue weighted by Gasteiger charge is -2.39. The Morgan fingerprint density at radius 1 is 0.842 bits per heavy atom. The molecule has 288 valence electrons. The molecule has 2 saturated heterocycles. The van der Waals surface area contributed by atoms with Gasteiger partial charge in [-0.15, -0.1) is 0 Å². The van der Waals surface area contributed by atoms with E-state index in [0.29, 0.717) is 43.8 Å². The number of phenols is 1. The average Bonchev–Trinajstić information content (AvgIpc) is 3.89. The zero-order valence-electron chi connectivity index (χ0n) is 31.3. The molecule has 4 aliphatic heterocycles. The van der Waals surface area contributed by atoms with Crippen molar-refractivity contribution in [2.24, 2.45) is 11.8 Å². The van der Waals surface area contributed by atoms with E-state index in [1.807, 2.05) is 32.8 Å². The van der Waals surface area contributed by atoms with Crippen LogP contribution in [0.3, 0.4) is 0 Å². The summed E-state index contributed by atoms with van der Waals surface area (Å²) in [6.45, 7) is 2.29. The summed E-state index contributed by atoms with van der Waals surface area (Å²) in [5, 5.41) is 17.1. The van der Waals surface area contributed by atoms with E-state index in [0.717, 1.165) is 46.4 Å². The molecule has 2 unspecified atom stereocenters. The highest BCUT2D eigenvalue weighted by Crippen LogP contribution is 2.47. The molecule has 2 fully saturated rings. The van der Waals surface area contributed by atoms with Gasteiger partial charge in [0, 0.05) is 50.3 Å². The first-order valence-electron chi connectivity index (χ1n) is 19.9. The molecule has 0 saturated carbocycles. The van der Waals surface area contributed by atoms with Crippen LogP contribution in [0.5, 0.6) is 5.75 Å². The molecule has 1 aromatic heterocycles. The molecule has 2 N–H and O–H groups in total. The van der Waals surface area contributed by atoms with Crippen LogP contribution in [-0.4, -0.2) is 84.8 Å². The van der Waals surface area contributed by atoms with E-state index in [4.69, 9.17) is 0 Å². The summed E-state index contributed by atoms with van der Waals surface area (Å²) in [6, 6.07) is 17.2. The standard InChI is InChI=1S/C45H42N6O6/c52-34-11-13-36-29(16-34)10-12-35(27-4-2-1-3-5-27)42(36)28-8-6-26(7-9-28)32-19-46-50(22-32)33-23-49(24-33)41(54)25-48-20-30-17-37-38(18-31(30)21-48)45(57)51(44(37)56)39-14-15-40(53)47-43(39)55/h1-4,6-9,11,13,16-19,22,27,33,35,39,42,52H,5,10,12,14-15,20-21,23-25H2,(H,47,53,55)/t27?,35-,39?,42+/m1/s1. The Labute approximate surface area is 329 Å². The Morgan fingerprint density at radius 2 is 1.60 bits per heavy atom. The van der Waals surface area contributed by atoms with Gasteiger partial charge in [0.15, 0.2) is 0 Å². The van der Waals surface area contributed by atoms with Crippen LogP contribution in [0, 0.1) is 11.8 Å². The van der Waals surface area contributed by atoms with E-state index in [-0.39, 0.29) is 48.4 Å². The van der Waals surface area contributed by atoms with Crippen LogP contribution in [-0.2, 0) is 33.9 Å². The van der Waals surface area contributed by atoms with E-state index in [9.17, 15) is 29.1 Å². The largest absolute Gasteiger partial charge is 0.508 e. The second kappa shape index (κ2) is 13.8. The van der Waals surface area contributed by atoms with Crippen LogP contribution in [0.4, 0.5) is 0 Å². The van der Waals surface area contributed by atoms with Gasteiger partial charge in [0.25, 0.3) is 11.8 Å². The highest BCUT2D eigenvalue weighted by molar-refractivity contribution is 6.23. The van der Waals surface area contributed by atoms with Gasteiger partial charge < -0.3 is 10.0 Å². The van der Waals surface area contributed by atoms with Crippen molar-refractivity contribution in [2.75, 3.05) is 19.6 Å². The predicted molar refractivity (Wildman–Crippen MR) is 209 cm³/mol. The predicted octanol–water partition coefficient (Wildman–Crippen LogP) is 4.88. The number of likely N-dealkylation sites (tertiary alicyclic amines) is 1. The van der Waals surface area contributed by atoms with Gasteiger partial charge in [-0.1, -0.05) is 54.6 Å². The van der Waals surface area contributed by atoms with Gasteiger partial charge in [0.2, 0.25) is 17.7 Å². The van der Waals surface area contributed by atoms with E-state index in [1.165, 1.54) is 16.7 Å². The number of phenolic OH excluding ortho intramolecular Hbond substituents is 1. The number of allylic oxidation sites excluding steroid dienone is 4. The molecule has 4 aromatic rings. The molecule has 6 aliphatic rings. The third-order valence-electron chi connectivity index (χ3n) is 12.9. The lowest BCUT2D eigenvalue weighted by atomic mass is 9.66. The molecule has 57 heavy (non-hydrogen) atoms. The number of nitrogens with one attached hydrogen (secondary N) is 1. The molecule has 0 spiro atoms. The van der Waals surface area contributed by atoms with Crippen molar-refractivity contribution in [3.8, 4) is 16.9 Å². The minimum atomic E-state index is -1.00. The third kappa shape index (κ3) is 6.19. The fourth-order valence-electron chi connectivity index (χ4n) is 9.87. The van der Waals surface area contributed by atoms with Gasteiger partial charge in [0.1, 0.15) is 11.8 Å². The summed E-state index contributed by atoms with van der Waals surface area (Å²) in [4.78, 5) is 68.8. The molecule has 10 rings (SSSR count). The van der Waals surface area contributed by atoms with Gasteiger partial charge in [-0.25, -0.2) is 0 Å². The molecule has 4 atom stereocenters. The minimum absolute atomic E-state index is 0.0169. The number of piperidine rings is 1. The molecule has 2 aliphatic carbocycles. The van der Waals surface area contributed by atoms with Crippen LogP contribution < -0.4 is 5.32 Å². The van der Waals surface area contributed by atoms with E-state index < -0.39 is 29.7 Å². The first kappa shape index (κ1) is 35.3. The van der Waals surface area contributed by atoms with Gasteiger partial charge in [0.05, 0.1) is 29.9 Å². The minimum Gasteiger partial charge on any atom is -0.508 e. The number of benzene rings is 3. The number of rotatable bonds is 7. The van der Waals surface area contributed by atoms with Crippen molar-refractivity contribution in [3.63, 3.8) is 0 Å². The Balaban J connectivity index is 0.760. The van der Waals surface area contributed by atoms with E-state index in [1.54, 1.807) is 12.1 Å². The third-order valence-corrected chi connectivity index (χ3v) is 12.9. The zero-order chi connectivity index (χ0) is 38.9. The Kier molecular flexibility index (Phi) is 8.55. The van der Waals surface area contributed by atoms with Crippen LogP contribution in [0.2, 0.25) is 0 Å². The number of hydrogen-bond donors (Lipinski definition) is 2. The summed E-state index contributed by atoms with van der Waals surface area (Å²) in [5.74, 6) is -0.571. The maximum atomic E-state index is 13.4. The van der Waals surface area contributed by atoms with E-state index >= 15 is 0 Å². The number of nitrogens with zero attached hydrogens (tertiary/aromatic N) is 5. The number of aromatic nitrogens is 2. The highest BCUT2D eigenvalue weighted by Gasteiger charge is 2.46. The summed E-state index contributed by atoms with van der Waals surface area (Å²) < 4.78 is 1.95. The summed E-state index contributed by atoms with van der Waals surface area (Å²) in [5.41, 5.74) is 8.21. The molecular weight excluding hydrogens is 721 g/mol. The van der Waals surface area contributed by atoms with E-state index in [2.05, 4.69) is 71.2 Å². The van der Waals surface area contributed by atoms with Gasteiger partial charge >= 0.3 is 0 Å². The summed E-state index contributed by atoms with van der Waals surface area (Å²) in [6.07, 6.45) is 16.1. The maximum absolute atomic E-state index is 13.4. The number of imide groups is 2. The number of fused-ring (bicyclic) bond motifs is 3. The van der Waals surface area contributed by atoms with Crippen molar-refractivity contribution >= 4 is 29.5 Å². The molecule has 0 radical (unpaired) electrons. The number of amides is 5. The summed E-state index contributed by atoms with van der Waals surface area (Å²) >= 11 is 0. The molecule has 5 heterocycles. The Morgan fingerprint density at radius 3 is 2.30 bits per heavy atom. The quantitative estimate of drug-likeness (QED) is 0.254. The zero-order valence-corrected chi connectivity index (χ0v) is 31.3. The number of hydrogen-bond acceptors (Lipinski definition) is 8. The highest BCUT2D eigenvalue weighted by atomic mass is 16.3. The second-order valence-corrected chi connectivity index (χ2v) is 16.3. The van der Waals surface area contributed by atoms with Crippen molar-refractivity contribution in [3.05, 3.63) is 130 Å². The van der Waals surface area contributed by atoms with Crippen molar-refractivity contribution in [1.82, 2.24) is 29.8 Å². The van der Waals surface area contributed by atoms with Gasteiger partial charge in [-0.05, 0) is 95.2 Å². The normalized spacial score (nSPS) is 24.4. The summed E-state index contributed by atoms with van der Waals surface area (Å²) in [7, 11) is 0. The van der Waals surface area contributed by atoms with Gasteiger partial charge in [-0.2, -0.15) is 5.10 Å². The molecule has 3 aromatic carbocycles. The van der Waals surface area contributed by atoms with Crippen LogP contribution >= 0.6 is 0 Å². The number of aromatic hydroxyl groups is 1. The lowest BCUT2D eigenvalue weighted by molar-refractivity contribution is -0.138. The van der Waals surface area contributed by atoms with Crippen LogP contribution in [0.1, 0.15) is 86.2 Å². The number of carbonyl (C=O) groups is 5. The Bertz CT molecular complexity index is 2380. The molecular formula is C45H42N6O6. The molecule has 12 nitrogen and oxygen atoms in total. The SMILES string of the molecule is O=C1CCC(N2C(=O)c3cc4c(cc3C2=O)CN(CC(=O)N2CC(n3cc(-c5ccc([C@@H]6c7ccc(O)cc7CC[C@@H]6C6C=CC=CC6)cc5)cn3)C2)C4)C(=O)N1. The van der Waals surface area contributed by atoms with Crippen LogP contribution in [0.15, 0.2) is 91.3 Å². The number of carbonyl (C=O) groups excluding carboxylic acids is 5. The first-order valence-corrected chi connectivity index (χ1v) is 19.9. The van der Waals surface area contributed by atoms with Gasteiger partial charge in [-0.3, -0.25) is 43.8 Å². The fourth-order valence-corrected chi connectivity index (χ4v) is 9.87. The monoisotopic (exact) mass is 762 g/mol. The van der Waals surface area contributed by atoms with Crippen molar-refractivity contribution < 1.29 is 29.1 Å². The fraction of sp³-hybridized carbons (Fsp3) is 0.333. The molecule has 0 bridgehead atoms. The maximum Gasteiger partial charge on any atom is 0.262 e.